The lowest BCUT2D eigenvalue weighted by atomic mass is 9.98. The fourth-order valence-electron chi connectivity index (χ4n) is 3.59. The molecule has 0 fully saturated rings. The minimum atomic E-state index is -0.579. The normalized spacial score (nSPS) is 10.8. The van der Waals surface area contributed by atoms with Crippen molar-refractivity contribution in [3.05, 3.63) is 69.8 Å². The molecule has 0 bridgehead atoms. The fourth-order valence-corrected chi connectivity index (χ4v) is 4.67. The predicted molar refractivity (Wildman–Crippen MR) is 125 cm³/mol. The van der Waals surface area contributed by atoms with Crippen LogP contribution < -0.4 is 10.1 Å². The van der Waals surface area contributed by atoms with E-state index in [2.05, 4.69) is 19.2 Å². The van der Waals surface area contributed by atoms with Gasteiger partial charge in [0.1, 0.15) is 22.1 Å². The first-order valence-corrected chi connectivity index (χ1v) is 11.0. The summed E-state index contributed by atoms with van der Waals surface area (Å²) < 4.78 is 24.0. The standard InChI is InChI=1S/C25H26FNO4S/c1-14(2)20-11-10-19(12-15(20)3)31-13-21(28)27-24-23(25(29)30-5)22(16(4)32-24)17-6-8-18(26)9-7-17/h6-12,14H,13H2,1-5H3,(H,27,28). The Balaban J connectivity index is 1.80. The molecule has 0 unspecified atom stereocenters. The van der Waals surface area contributed by atoms with Crippen LogP contribution in [-0.4, -0.2) is 25.6 Å². The number of amides is 1. The summed E-state index contributed by atoms with van der Waals surface area (Å²) >= 11 is 1.26. The third kappa shape index (κ3) is 5.16. The summed E-state index contributed by atoms with van der Waals surface area (Å²) in [7, 11) is 1.28. The second kappa shape index (κ2) is 9.96. The number of hydrogen-bond donors (Lipinski definition) is 1. The molecule has 1 N–H and O–H groups in total. The highest BCUT2D eigenvalue weighted by molar-refractivity contribution is 7.17. The van der Waals surface area contributed by atoms with Crippen LogP contribution in [0.25, 0.3) is 11.1 Å². The van der Waals surface area contributed by atoms with Crippen molar-refractivity contribution in [2.24, 2.45) is 0 Å². The zero-order valence-electron chi connectivity index (χ0n) is 18.7. The SMILES string of the molecule is COC(=O)c1c(NC(=O)COc2ccc(C(C)C)c(C)c2)sc(C)c1-c1ccc(F)cc1. The number of rotatable bonds is 7. The number of hydrogen-bond acceptors (Lipinski definition) is 5. The number of anilines is 1. The molecule has 0 radical (unpaired) electrons. The molecule has 5 nitrogen and oxygen atoms in total. The molecule has 0 saturated carbocycles. The Bertz CT molecular complexity index is 1140. The Hall–Kier alpha value is -3.19. The number of carbonyl (C=O) groups excluding carboxylic acids is 2. The van der Waals surface area contributed by atoms with Crippen LogP contribution in [0.2, 0.25) is 0 Å². The second-order valence-corrected chi connectivity index (χ2v) is 8.97. The van der Waals surface area contributed by atoms with Gasteiger partial charge in [-0.3, -0.25) is 4.79 Å². The van der Waals surface area contributed by atoms with E-state index in [1.54, 1.807) is 12.1 Å². The van der Waals surface area contributed by atoms with E-state index in [1.807, 2.05) is 32.0 Å². The summed E-state index contributed by atoms with van der Waals surface area (Å²) in [4.78, 5) is 25.9. The number of ether oxygens (including phenoxy) is 2. The van der Waals surface area contributed by atoms with Gasteiger partial charge in [0.2, 0.25) is 0 Å². The number of methoxy groups -OCH3 is 1. The third-order valence-electron chi connectivity index (χ3n) is 5.09. The van der Waals surface area contributed by atoms with E-state index in [9.17, 15) is 14.0 Å². The van der Waals surface area contributed by atoms with Gasteiger partial charge >= 0.3 is 5.97 Å². The molecule has 1 heterocycles. The van der Waals surface area contributed by atoms with Gasteiger partial charge in [0.05, 0.1) is 7.11 Å². The summed E-state index contributed by atoms with van der Waals surface area (Å²) in [5.74, 6) is -0.341. The van der Waals surface area contributed by atoms with Gasteiger partial charge in [-0.05, 0) is 60.7 Å². The monoisotopic (exact) mass is 455 g/mol. The first kappa shape index (κ1) is 23.5. The largest absolute Gasteiger partial charge is 0.484 e. The van der Waals surface area contributed by atoms with Crippen LogP contribution in [0.5, 0.6) is 5.75 Å². The van der Waals surface area contributed by atoms with Crippen LogP contribution >= 0.6 is 11.3 Å². The summed E-state index contributed by atoms with van der Waals surface area (Å²) in [6.07, 6.45) is 0. The van der Waals surface area contributed by atoms with Crippen LogP contribution in [0.1, 0.15) is 46.1 Å². The van der Waals surface area contributed by atoms with Gasteiger partial charge in [0, 0.05) is 10.4 Å². The highest BCUT2D eigenvalue weighted by Crippen LogP contribution is 2.40. The molecule has 32 heavy (non-hydrogen) atoms. The molecular weight excluding hydrogens is 429 g/mol. The lowest BCUT2D eigenvalue weighted by Gasteiger charge is -2.12. The number of thiophene rings is 1. The summed E-state index contributed by atoms with van der Waals surface area (Å²) in [5.41, 5.74) is 3.85. The van der Waals surface area contributed by atoms with E-state index in [-0.39, 0.29) is 18.0 Å². The number of carbonyl (C=O) groups is 2. The molecule has 3 aromatic rings. The van der Waals surface area contributed by atoms with E-state index in [0.29, 0.717) is 27.8 Å². The van der Waals surface area contributed by atoms with Crippen LogP contribution in [-0.2, 0) is 9.53 Å². The molecule has 2 aromatic carbocycles. The molecule has 0 aliphatic heterocycles. The van der Waals surface area contributed by atoms with Crippen LogP contribution in [0.4, 0.5) is 9.39 Å². The Labute approximate surface area is 191 Å². The Morgan fingerprint density at radius 3 is 2.38 bits per heavy atom. The zero-order chi connectivity index (χ0) is 23.4. The molecule has 0 atom stereocenters. The van der Waals surface area contributed by atoms with Crippen molar-refractivity contribution < 1.29 is 23.5 Å². The van der Waals surface area contributed by atoms with E-state index >= 15 is 0 Å². The average Bonchev–Trinajstić information content (AvgIpc) is 3.07. The minimum Gasteiger partial charge on any atom is -0.484 e. The van der Waals surface area contributed by atoms with E-state index < -0.39 is 11.9 Å². The maximum absolute atomic E-state index is 13.4. The molecule has 168 valence electrons. The maximum atomic E-state index is 13.4. The fraction of sp³-hybridized carbons (Fsp3) is 0.280. The van der Waals surface area contributed by atoms with Crippen molar-refractivity contribution in [1.29, 1.82) is 0 Å². The van der Waals surface area contributed by atoms with Crippen molar-refractivity contribution in [3.8, 4) is 16.9 Å². The highest BCUT2D eigenvalue weighted by Gasteiger charge is 2.25. The Morgan fingerprint density at radius 1 is 1.09 bits per heavy atom. The lowest BCUT2D eigenvalue weighted by Crippen LogP contribution is -2.21. The van der Waals surface area contributed by atoms with Gasteiger partial charge in [-0.1, -0.05) is 32.0 Å². The Kier molecular flexibility index (Phi) is 7.30. The van der Waals surface area contributed by atoms with Gasteiger partial charge in [0.25, 0.3) is 5.91 Å². The quantitative estimate of drug-likeness (QED) is 0.437. The lowest BCUT2D eigenvalue weighted by molar-refractivity contribution is -0.118. The molecule has 3 rings (SSSR count). The van der Waals surface area contributed by atoms with Gasteiger partial charge in [-0.25, -0.2) is 9.18 Å². The van der Waals surface area contributed by atoms with Gasteiger partial charge in [-0.2, -0.15) is 0 Å². The molecule has 1 amide bonds. The maximum Gasteiger partial charge on any atom is 0.341 e. The summed E-state index contributed by atoms with van der Waals surface area (Å²) in [6.45, 7) is 7.89. The van der Waals surface area contributed by atoms with Gasteiger partial charge in [-0.15, -0.1) is 11.3 Å². The second-order valence-electron chi connectivity index (χ2n) is 7.75. The van der Waals surface area contributed by atoms with Crippen molar-refractivity contribution in [2.45, 2.75) is 33.6 Å². The number of nitrogens with one attached hydrogen (secondary N) is 1. The molecule has 0 aliphatic rings. The van der Waals surface area contributed by atoms with E-state index in [4.69, 9.17) is 9.47 Å². The highest BCUT2D eigenvalue weighted by atomic mass is 32.1. The molecule has 0 saturated heterocycles. The predicted octanol–water partition coefficient (Wildman–Crippen LogP) is 6.10. The van der Waals surface area contributed by atoms with Crippen molar-refractivity contribution in [3.63, 3.8) is 0 Å². The summed E-state index contributed by atoms with van der Waals surface area (Å²) in [6, 6.07) is 11.6. The van der Waals surface area contributed by atoms with E-state index in [0.717, 1.165) is 10.4 Å². The van der Waals surface area contributed by atoms with Crippen LogP contribution in [0.3, 0.4) is 0 Å². The van der Waals surface area contributed by atoms with Crippen molar-refractivity contribution in [2.75, 3.05) is 19.0 Å². The first-order valence-electron chi connectivity index (χ1n) is 10.2. The number of esters is 1. The van der Waals surface area contributed by atoms with Crippen molar-refractivity contribution >= 4 is 28.2 Å². The Morgan fingerprint density at radius 2 is 1.78 bits per heavy atom. The number of benzene rings is 2. The molecule has 7 heteroatoms. The molecule has 0 spiro atoms. The average molecular weight is 456 g/mol. The minimum absolute atomic E-state index is 0.204. The summed E-state index contributed by atoms with van der Waals surface area (Å²) in [5, 5.41) is 3.13. The van der Waals surface area contributed by atoms with Crippen LogP contribution in [0.15, 0.2) is 42.5 Å². The smallest absolute Gasteiger partial charge is 0.341 e. The van der Waals surface area contributed by atoms with Gasteiger partial charge in [0.15, 0.2) is 6.61 Å². The van der Waals surface area contributed by atoms with E-state index in [1.165, 1.54) is 36.1 Å². The first-order chi connectivity index (χ1) is 15.2. The van der Waals surface area contributed by atoms with Gasteiger partial charge < -0.3 is 14.8 Å². The number of aryl methyl sites for hydroxylation is 2. The third-order valence-corrected chi connectivity index (χ3v) is 6.11. The zero-order valence-corrected chi connectivity index (χ0v) is 19.6. The van der Waals surface area contributed by atoms with Crippen molar-refractivity contribution in [1.82, 2.24) is 0 Å². The molecule has 0 aliphatic carbocycles. The number of halogens is 1. The molecule has 1 aromatic heterocycles. The topological polar surface area (TPSA) is 64.6 Å². The molecular formula is C25H26FNO4S. The van der Waals surface area contributed by atoms with Crippen LogP contribution in [0, 0.1) is 19.7 Å².